The Balaban J connectivity index is 1.70. The molecule has 1 aromatic carbocycles. The van der Waals surface area contributed by atoms with Crippen molar-refractivity contribution in [1.29, 1.82) is 0 Å². The first-order valence-electron chi connectivity index (χ1n) is 12.2. The highest BCUT2D eigenvalue weighted by Gasteiger charge is 2.30. The first-order chi connectivity index (χ1) is 14.3. The van der Waals surface area contributed by atoms with Gasteiger partial charge in [0.05, 0.1) is 13.2 Å². The van der Waals surface area contributed by atoms with Crippen molar-refractivity contribution in [3.63, 3.8) is 0 Å². The van der Waals surface area contributed by atoms with Crippen LogP contribution in [0.4, 0.5) is 0 Å². The lowest BCUT2D eigenvalue weighted by Gasteiger charge is -2.35. The zero-order valence-corrected chi connectivity index (χ0v) is 19.5. The number of aliphatic hydroxyl groups is 1. The molecular formula is C26H45NO3. The van der Waals surface area contributed by atoms with E-state index in [9.17, 15) is 10.2 Å². The van der Waals surface area contributed by atoms with Crippen LogP contribution >= 0.6 is 0 Å². The van der Waals surface area contributed by atoms with Crippen LogP contribution in [0.5, 0.6) is 11.5 Å². The fraction of sp³-hybridized carbons (Fsp3) is 0.769. The minimum Gasteiger partial charge on any atom is -0.504 e. The van der Waals surface area contributed by atoms with Crippen LogP contribution in [0.2, 0.25) is 0 Å². The molecule has 2 rings (SSSR count). The Bertz CT molecular complexity index is 614. The Labute approximate surface area is 184 Å². The predicted octanol–water partition coefficient (Wildman–Crippen LogP) is 5.83. The molecule has 30 heavy (non-hydrogen) atoms. The highest BCUT2D eigenvalue weighted by Crippen LogP contribution is 2.35. The quantitative estimate of drug-likeness (QED) is 0.313. The summed E-state index contributed by atoms with van der Waals surface area (Å²) in [4.78, 5) is 0. The number of hydrogen-bond donors (Lipinski definition) is 3. The van der Waals surface area contributed by atoms with E-state index in [1.54, 1.807) is 6.07 Å². The number of aryl methyl sites for hydroxylation is 1. The minimum atomic E-state index is -0.512. The molecule has 0 amide bonds. The van der Waals surface area contributed by atoms with Crippen molar-refractivity contribution in [1.82, 2.24) is 0 Å². The van der Waals surface area contributed by atoms with Crippen LogP contribution in [0, 0.1) is 17.8 Å². The summed E-state index contributed by atoms with van der Waals surface area (Å²) in [6.07, 6.45) is 12.2. The number of rotatable bonds is 15. The van der Waals surface area contributed by atoms with Crippen molar-refractivity contribution in [3.8, 4) is 11.5 Å². The predicted molar refractivity (Wildman–Crippen MR) is 125 cm³/mol. The molecule has 1 saturated carbocycles. The van der Waals surface area contributed by atoms with Crippen LogP contribution in [0.3, 0.4) is 0 Å². The molecule has 0 heterocycles. The summed E-state index contributed by atoms with van der Waals surface area (Å²) in [6, 6.07) is 5.65. The van der Waals surface area contributed by atoms with E-state index in [1.165, 1.54) is 38.5 Å². The van der Waals surface area contributed by atoms with E-state index in [2.05, 4.69) is 20.8 Å². The second-order valence-corrected chi connectivity index (χ2v) is 10.2. The van der Waals surface area contributed by atoms with Crippen LogP contribution in [-0.2, 0) is 6.42 Å². The fourth-order valence-electron chi connectivity index (χ4n) is 4.38. The molecule has 4 nitrogen and oxygen atoms in total. The summed E-state index contributed by atoms with van der Waals surface area (Å²) >= 11 is 0. The summed E-state index contributed by atoms with van der Waals surface area (Å²) in [5.41, 5.74) is 6.96. The van der Waals surface area contributed by atoms with Gasteiger partial charge in [0.1, 0.15) is 0 Å². The van der Waals surface area contributed by atoms with Crippen LogP contribution in [-0.4, -0.2) is 29.0 Å². The molecule has 172 valence electrons. The fourth-order valence-corrected chi connectivity index (χ4v) is 4.38. The SMILES string of the molecule is CC(C)CCCC(C)CCCOc1ccc(CCC(N)(CO)CC2CCC2)cc1O. The van der Waals surface area contributed by atoms with Crippen molar-refractivity contribution < 1.29 is 14.9 Å². The summed E-state index contributed by atoms with van der Waals surface area (Å²) < 4.78 is 5.81. The van der Waals surface area contributed by atoms with Crippen molar-refractivity contribution in [2.45, 2.75) is 96.9 Å². The Kier molecular flexibility index (Phi) is 10.5. The van der Waals surface area contributed by atoms with Gasteiger partial charge in [0.15, 0.2) is 11.5 Å². The molecule has 2 unspecified atom stereocenters. The highest BCUT2D eigenvalue weighted by molar-refractivity contribution is 5.41. The second-order valence-electron chi connectivity index (χ2n) is 10.2. The lowest BCUT2D eigenvalue weighted by molar-refractivity contribution is 0.135. The van der Waals surface area contributed by atoms with Gasteiger partial charge in [0.25, 0.3) is 0 Å². The summed E-state index contributed by atoms with van der Waals surface area (Å²) in [5.74, 6) is 2.94. The monoisotopic (exact) mass is 419 g/mol. The van der Waals surface area contributed by atoms with E-state index in [-0.39, 0.29) is 12.4 Å². The van der Waals surface area contributed by atoms with Gasteiger partial charge in [-0.25, -0.2) is 0 Å². The van der Waals surface area contributed by atoms with E-state index in [0.717, 1.165) is 49.5 Å². The lowest BCUT2D eigenvalue weighted by Crippen LogP contribution is -2.46. The maximum atomic E-state index is 10.3. The zero-order chi connectivity index (χ0) is 22.0. The molecule has 1 fully saturated rings. The van der Waals surface area contributed by atoms with Gasteiger partial charge in [0, 0.05) is 5.54 Å². The number of aliphatic hydroxyl groups excluding tert-OH is 1. The first kappa shape index (κ1) is 25.0. The smallest absolute Gasteiger partial charge is 0.160 e. The van der Waals surface area contributed by atoms with E-state index in [1.807, 2.05) is 12.1 Å². The third-order valence-corrected chi connectivity index (χ3v) is 6.75. The average Bonchev–Trinajstić information content (AvgIpc) is 2.67. The van der Waals surface area contributed by atoms with E-state index in [4.69, 9.17) is 10.5 Å². The highest BCUT2D eigenvalue weighted by atomic mass is 16.5. The molecule has 0 radical (unpaired) electrons. The molecule has 4 heteroatoms. The van der Waals surface area contributed by atoms with Gasteiger partial charge in [-0.1, -0.05) is 65.4 Å². The van der Waals surface area contributed by atoms with Gasteiger partial charge in [0.2, 0.25) is 0 Å². The zero-order valence-electron chi connectivity index (χ0n) is 19.5. The number of ether oxygens (including phenoxy) is 1. The van der Waals surface area contributed by atoms with Gasteiger partial charge in [-0.05, 0) is 67.6 Å². The van der Waals surface area contributed by atoms with Crippen LogP contribution in [0.1, 0.15) is 90.5 Å². The topological polar surface area (TPSA) is 75.7 Å². The molecule has 1 aliphatic carbocycles. The minimum absolute atomic E-state index is 0.0204. The lowest BCUT2D eigenvalue weighted by atomic mass is 9.75. The molecule has 0 bridgehead atoms. The number of phenolic OH excluding ortho intramolecular Hbond substituents is 1. The normalized spacial score (nSPS) is 17.5. The second kappa shape index (κ2) is 12.6. The molecular weight excluding hydrogens is 374 g/mol. The molecule has 2 atom stereocenters. The van der Waals surface area contributed by atoms with Crippen molar-refractivity contribution in [2.24, 2.45) is 23.5 Å². The molecule has 4 N–H and O–H groups in total. The molecule has 0 saturated heterocycles. The molecule has 1 aliphatic rings. The number of phenols is 1. The summed E-state index contributed by atoms with van der Waals surface area (Å²) in [6.45, 7) is 7.54. The van der Waals surface area contributed by atoms with Gasteiger partial charge in [-0.3, -0.25) is 0 Å². The first-order valence-corrected chi connectivity index (χ1v) is 12.2. The van der Waals surface area contributed by atoms with Gasteiger partial charge in [-0.15, -0.1) is 0 Å². The third-order valence-electron chi connectivity index (χ3n) is 6.75. The van der Waals surface area contributed by atoms with E-state index >= 15 is 0 Å². The Hall–Kier alpha value is -1.26. The standard InChI is InChI=1S/C26H45NO3/c1-20(2)7-4-8-21(3)9-6-16-30-25-13-12-22(17-24(25)29)14-15-26(27,19-28)18-23-10-5-11-23/h12-13,17,20-21,23,28-29H,4-11,14-16,18-19,27H2,1-3H3. The molecule has 0 aromatic heterocycles. The van der Waals surface area contributed by atoms with Crippen LogP contribution in [0.15, 0.2) is 18.2 Å². The third kappa shape index (κ3) is 8.85. The molecule has 0 spiro atoms. The molecule has 0 aliphatic heterocycles. The Morgan fingerprint density at radius 2 is 1.87 bits per heavy atom. The summed E-state index contributed by atoms with van der Waals surface area (Å²) in [7, 11) is 0. The van der Waals surface area contributed by atoms with Crippen molar-refractivity contribution in [2.75, 3.05) is 13.2 Å². The number of hydrogen-bond acceptors (Lipinski definition) is 4. The number of benzene rings is 1. The maximum absolute atomic E-state index is 10.3. The van der Waals surface area contributed by atoms with Gasteiger partial charge < -0.3 is 20.7 Å². The Morgan fingerprint density at radius 1 is 1.13 bits per heavy atom. The molecule has 1 aromatic rings. The van der Waals surface area contributed by atoms with Gasteiger partial charge >= 0.3 is 0 Å². The van der Waals surface area contributed by atoms with Crippen LogP contribution < -0.4 is 10.5 Å². The number of aromatic hydroxyl groups is 1. The van der Waals surface area contributed by atoms with Crippen molar-refractivity contribution in [3.05, 3.63) is 23.8 Å². The van der Waals surface area contributed by atoms with E-state index < -0.39 is 5.54 Å². The summed E-state index contributed by atoms with van der Waals surface area (Å²) in [5, 5.41) is 20.1. The maximum Gasteiger partial charge on any atom is 0.160 e. The largest absolute Gasteiger partial charge is 0.504 e. The average molecular weight is 420 g/mol. The van der Waals surface area contributed by atoms with Gasteiger partial charge in [-0.2, -0.15) is 0 Å². The number of nitrogens with two attached hydrogens (primary N) is 1. The van der Waals surface area contributed by atoms with Crippen molar-refractivity contribution >= 4 is 0 Å². The van der Waals surface area contributed by atoms with E-state index in [0.29, 0.717) is 18.3 Å². The Morgan fingerprint density at radius 3 is 2.47 bits per heavy atom. The van der Waals surface area contributed by atoms with Crippen LogP contribution in [0.25, 0.3) is 0 Å².